The van der Waals surface area contributed by atoms with Crippen molar-refractivity contribution in [1.29, 1.82) is 0 Å². The predicted octanol–water partition coefficient (Wildman–Crippen LogP) is -10.7. The summed E-state index contributed by atoms with van der Waals surface area (Å²) in [5.41, 5.74) is 0. The third-order valence-corrected chi connectivity index (χ3v) is 4.09. The smallest absolute Gasteiger partial charge is 0.105 e. The summed E-state index contributed by atoms with van der Waals surface area (Å²) in [5, 5.41) is 166. The van der Waals surface area contributed by atoms with Gasteiger partial charge in [-0.1, -0.05) is 0 Å². The number of hydrogen-bond acceptors (Lipinski definition) is 20. The molecule has 0 spiro atoms. The minimum Gasteiger partial charge on any atom is -0.394 e. The van der Waals surface area contributed by atoms with Crippen LogP contribution < -0.4 is 0 Å². The second-order valence-corrected chi connectivity index (χ2v) is 7.50. The van der Waals surface area contributed by atoms with Crippen LogP contribution in [0.15, 0.2) is 13.2 Å². The van der Waals surface area contributed by atoms with Crippen LogP contribution in [-0.4, -0.2) is 229 Å². The van der Waals surface area contributed by atoms with E-state index in [0.717, 1.165) is 0 Å². The molecule has 0 bridgehead atoms. The lowest BCUT2D eigenvalue weighted by molar-refractivity contribution is -0.0388. The lowest BCUT2D eigenvalue weighted by Crippen LogP contribution is -2.31. The van der Waals surface area contributed by atoms with Gasteiger partial charge in [0.05, 0.1) is 66.1 Å². The first-order chi connectivity index (χ1) is 19.6. The van der Waals surface area contributed by atoms with Gasteiger partial charge in [0.15, 0.2) is 0 Å². The van der Waals surface area contributed by atoms with Crippen LogP contribution in [0.3, 0.4) is 0 Å². The van der Waals surface area contributed by atoms with Crippen LogP contribution in [0.2, 0.25) is 0 Å². The Morgan fingerprint density at radius 3 is 0.286 bits per heavy atom. The predicted molar refractivity (Wildman–Crippen MR) is 142 cm³/mol. The van der Waals surface area contributed by atoms with Crippen LogP contribution in [0.4, 0.5) is 0 Å². The minimum atomic E-state index is -1.22. The van der Waals surface area contributed by atoms with E-state index in [0.29, 0.717) is 0 Å². The lowest BCUT2D eigenvalue weighted by atomic mass is 10.2. The Morgan fingerprint density at radius 1 is 0.214 bits per heavy atom. The summed E-state index contributed by atoms with van der Waals surface area (Å²) in [6.07, 6.45) is -12.2. The molecule has 262 valence electrons. The second kappa shape index (κ2) is 39.9. The summed E-state index contributed by atoms with van der Waals surface area (Å²) in [6, 6.07) is 0. The van der Waals surface area contributed by atoms with E-state index in [9.17, 15) is 0 Å². The molecular weight excluding hydrogens is 584 g/mol. The fourth-order valence-corrected chi connectivity index (χ4v) is 1.22. The molecule has 0 aliphatic carbocycles. The third-order valence-electron chi connectivity index (χ3n) is 4.09. The molecule has 0 heterocycles. The van der Waals surface area contributed by atoms with Gasteiger partial charge in [0.2, 0.25) is 0 Å². The van der Waals surface area contributed by atoms with Gasteiger partial charge in [0.1, 0.15) is 61.0 Å². The maximum Gasteiger partial charge on any atom is 0.105 e. The zero-order valence-corrected chi connectivity index (χ0v) is 23.2. The molecule has 0 saturated heterocycles. The monoisotopic (exact) mass is 638 g/mol. The summed E-state index contributed by atoms with van der Waals surface area (Å²) < 4.78 is 0. The second-order valence-electron chi connectivity index (χ2n) is 7.50. The maximum atomic E-state index is 8.47. The highest BCUT2D eigenvalue weighted by molar-refractivity contribution is 4.64. The van der Waals surface area contributed by atoms with Crippen molar-refractivity contribution in [2.24, 2.45) is 0 Å². The van der Waals surface area contributed by atoms with E-state index in [-0.39, 0.29) is 0 Å². The molecule has 0 unspecified atom stereocenters. The van der Waals surface area contributed by atoms with E-state index in [1.54, 1.807) is 0 Å². The van der Waals surface area contributed by atoms with Gasteiger partial charge in [0.25, 0.3) is 0 Å². The van der Waals surface area contributed by atoms with E-state index in [2.05, 4.69) is 13.2 Å². The molecule has 0 aromatic rings. The molecule has 0 radical (unpaired) electrons. The first-order valence-electron chi connectivity index (χ1n) is 12.0. The molecule has 0 rings (SSSR count). The van der Waals surface area contributed by atoms with Crippen LogP contribution in [0.1, 0.15) is 0 Å². The molecule has 0 aromatic carbocycles. The third kappa shape index (κ3) is 37.0. The highest BCUT2D eigenvalue weighted by Gasteiger charge is 2.14. The van der Waals surface area contributed by atoms with Crippen molar-refractivity contribution < 1.29 is 102 Å². The fourth-order valence-electron chi connectivity index (χ4n) is 1.22. The Labute approximate surface area is 243 Å². The average Bonchev–Trinajstić information content (AvgIpc) is 3.05. The molecule has 20 N–H and O–H groups in total. The van der Waals surface area contributed by atoms with Crippen molar-refractivity contribution >= 4 is 0 Å². The van der Waals surface area contributed by atoms with Crippen molar-refractivity contribution in [3.63, 3.8) is 0 Å². The quantitative estimate of drug-likeness (QED) is 0.0740. The van der Waals surface area contributed by atoms with Gasteiger partial charge >= 0.3 is 0 Å². The summed E-state index contributed by atoms with van der Waals surface area (Å²) in [7, 11) is 0. The highest BCUT2D eigenvalue weighted by atomic mass is 16.4. The largest absolute Gasteiger partial charge is 0.394 e. The van der Waals surface area contributed by atoms with E-state index >= 15 is 0 Å². The molecule has 0 saturated carbocycles. The molecule has 42 heavy (non-hydrogen) atoms. The lowest BCUT2D eigenvalue weighted by Gasteiger charge is -2.10. The zero-order valence-electron chi connectivity index (χ0n) is 23.2. The molecule has 0 aliphatic rings. The Morgan fingerprint density at radius 2 is 0.262 bits per heavy atom. The summed E-state index contributed by atoms with van der Waals surface area (Å²) in [5.74, 6) is 0. The van der Waals surface area contributed by atoms with Gasteiger partial charge in [-0.3, -0.25) is 0 Å². The van der Waals surface area contributed by atoms with Gasteiger partial charge in [-0.15, -0.1) is 13.2 Å². The highest BCUT2D eigenvalue weighted by Crippen LogP contribution is 1.91. The number of rotatable bonds is 15. The molecule has 20 heteroatoms. The first-order valence-corrected chi connectivity index (χ1v) is 12.0. The standard InChI is InChI=1S/5C4H10O4.C2H4/c5*5-1-3(7)4(8)2-6;1-2/h5*3-8H,1-2H2;1-2H2/t5*3-,4+;. The van der Waals surface area contributed by atoms with E-state index in [4.69, 9.17) is 102 Å². The minimum absolute atomic E-state index is 0.526. The van der Waals surface area contributed by atoms with Crippen molar-refractivity contribution in [2.45, 2.75) is 61.0 Å². The summed E-state index contributed by atoms with van der Waals surface area (Å²) in [4.78, 5) is 0. The van der Waals surface area contributed by atoms with Gasteiger partial charge in [-0.05, 0) is 0 Å². The zero-order chi connectivity index (χ0) is 34.8. The number of hydrogen-bond donors (Lipinski definition) is 20. The van der Waals surface area contributed by atoms with Crippen LogP contribution >= 0.6 is 0 Å². The van der Waals surface area contributed by atoms with Crippen LogP contribution in [0.5, 0.6) is 0 Å². The summed E-state index contributed by atoms with van der Waals surface area (Å²) in [6.45, 7) is 0.739. The van der Waals surface area contributed by atoms with E-state index in [1.807, 2.05) is 0 Å². The average molecular weight is 639 g/mol. The normalized spacial score (nSPS) is 17.2. The topological polar surface area (TPSA) is 405 Å². The molecule has 0 fully saturated rings. The fraction of sp³-hybridized carbons (Fsp3) is 0.909. The van der Waals surface area contributed by atoms with Gasteiger partial charge < -0.3 is 102 Å². The molecule has 0 aromatic heterocycles. The van der Waals surface area contributed by atoms with Gasteiger partial charge in [0, 0.05) is 0 Å². The molecule has 10 atom stereocenters. The SMILES string of the molecule is C=C.OC[C@@H](O)[C@@H](O)CO.OC[C@@H](O)[C@@H](O)CO.OC[C@@H](O)[C@@H](O)CO.OC[C@@H](O)[C@@H](O)CO.OC[C@@H](O)[C@@H](O)CO. The Bertz CT molecular complexity index is 348. The summed E-state index contributed by atoms with van der Waals surface area (Å²) >= 11 is 0. The first kappa shape index (κ1) is 53.5. The van der Waals surface area contributed by atoms with Gasteiger partial charge in [-0.25, -0.2) is 0 Å². The van der Waals surface area contributed by atoms with Gasteiger partial charge in [-0.2, -0.15) is 0 Å². The van der Waals surface area contributed by atoms with Crippen molar-refractivity contribution in [3.8, 4) is 0 Å². The number of aliphatic hydroxyl groups excluding tert-OH is 20. The van der Waals surface area contributed by atoms with Crippen molar-refractivity contribution in [2.75, 3.05) is 66.1 Å². The Kier molecular flexibility index (Phi) is 50.9. The van der Waals surface area contributed by atoms with Crippen LogP contribution in [0.25, 0.3) is 0 Å². The Hall–Kier alpha value is -1.06. The maximum absolute atomic E-state index is 8.47. The molecule has 0 aliphatic heterocycles. The molecule has 20 nitrogen and oxygen atoms in total. The number of aliphatic hydroxyl groups is 20. The molecular formula is C22H54O20. The van der Waals surface area contributed by atoms with Crippen molar-refractivity contribution in [1.82, 2.24) is 0 Å². The molecule has 0 amide bonds. The van der Waals surface area contributed by atoms with Crippen molar-refractivity contribution in [3.05, 3.63) is 13.2 Å². The van der Waals surface area contributed by atoms with E-state index < -0.39 is 127 Å². The van der Waals surface area contributed by atoms with E-state index in [1.165, 1.54) is 0 Å². The Balaban J connectivity index is -0.0000000949. The van der Waals surface area contributed by atoms with Crippen LogP contribution in [0, 0.1) is 0 Å². The van der Waals surface area contributed by atoms with Crippen LogP contribution in [-0.2, 0) is 0 Å².